The number of carbonyl (C=O) groups excluding carboxylic acids is 1. The number of fused-ring (bicyclic) bond motifs is 1. The quantitative estimate of drug-likeness (QED) is 0.670. The number of hydrogen-bond donors (Lipinski definition) is 3. The van der Waals surface area contributed by atoms with E-state index < -0.39 is 5.54 Å². The molecule has 3 rings (SSSR count). The Morgan fingerprint density at radius 3 is 2.74 bits per heavy atom. The first-order chi connectivity index (χ1) is 12.9. The van der Waals surface area contributed by atoms with Gasteiger partial charge in [-0.1, -0.05) is 19.3 Å². The zero-order valence-electron chi connectivity index (χ0n) is 16.7. The molecule has 3 N–H and O–H groups in total. The van der Waals surface area contributed by atoms with Gasteiger partial charge in [0.1, 0.15) is 0 Å². The van der Waals surface area contributed by atoms with Gasteiger partial charge in [-0.25, -0.2) is 5.43 Å². The maximum atomic E-state index is 12.0. The molecule has 2 aliphatic heterocycles. The van der Waals surface area contributed by atoms with Crippen molar-refractivity contribution in [3.8, 4) is 0 Å². The van der Waals surface area contributed by atoms with Crippen molar-refractivity contribution in [3.63, 3.8) is 0 Å². The summed E-state index contributed by atoms with van der Waals surface area (Å²) in [5.74, 6) is 0.323. The molecule has 1 saturated carbocycles. The van der Waals surface area contributed by atoms with E-state index in [1.54, 1.807) is 6.92 Å². The van der Waals surface area contributed by atoms with Crippen molar-refractivity contribution in [3.05, 3.63) is 35.3 Å². The molecule has 1 amide bonds. The van der Waals surface area contributed by atoms with Gasteiger partial charge in [-0.3, -0.25) is 14.8 Å². The normalized spacial score (nSPS) is 25.7. The van der Waals surface area contributed by atoms with Crippen molar-refractivity contribution in [1.29, 1.82) is 0 Å². The molecule has 3 aliphatic rings. The summed E-state index contributed by atoms with van der Waals surface area (Å²) in [6, 6.07) is 0.243. The summed E-state index contributed by atoms with van der Waals surface area (Å²) in [5.41, 5.74) is 5.76. The van der Waals surface area contributed by atoms with Gasteiger partial charge in [0.15, 0.2) is 0 Å². The number of nitrogens with zero attached hydrogens (tertiary/aromatic N) is 2. The standard InChI is InChI=1S/C21H32N4O2/c1-15(2)24-25-13-17(9-10-26)11-19-20(25)12-21(14-22-19,23-16(3)27)18-7-5-4-6-8-18/h11-15,18,24,26H,4-10H2,1-3H3,(H,23,27)/t21-/m1/s1. The van der Waals surface area contributed by atoms with Crippen LogP contribution >= 0.6 is 0 Å². The van der Waals surface area contributed by atoms with Crippen molar-refractivity contribution in [2.75, 3.05) is 6.61 Å². The molecular formula is C21H32N4O2. The van der Waals surface area contributed by atoms with E-state index in [2.05, 4.69) is 30.7 Å². The minimum Gasteiger partial charge on any atom is -0.396 e. The molecule has 1 atom stereocenters. The molecule has 0 aromatic carbocycles. The van der Waals surface area contributed by atoms with Crippen LogP contribution in [-0.2, 0) is 4.79 Å². The van der Waals surface area contributed by atoms with Crippen LogP contribution in [0, 0.1) is 5.92 Å². The smallest absolute Gasteiger partial charge is 0.217 e. The molecule has 27 heavy (non-hydrogen) atoms. The first-order valence-corrected chi connectivity index (χ1v) is 10.1. The monoisotopic (exact) mass is 372 g/mol. The highest BCUT2D eigenvalue weighted by molar-refractivity contribution is 5.86. The zero-order valence-corrected chi connectivity index (χ0v) is 16.7. The number of hydrogen-bond acceptors (Lipinski definition) is 5. The Morgan fingerprint density at radius 2 is 2.11 bits per heavy atom. The van der Waals surface area contributed by atoms with Gasteiger partial charge in [0.25, 0.3) is 0 Å². The number of rotatable bonds is 6. The lowest BCUT2D eigenvalue weighted by molar-refractivity contribution is -0.120. The van der Waals surface area contributed by atoms with E-state index in [0.29, 0.717) is 12.3 Å². The topological polar surface area (TPSA) is 77.0 Å². The molecule has 0 unspecified atom stereocenters. The molecule has 0 saturated heterocycles. The average Bonchev–Trinajstić information content (AvgIpc) is 2.62. The molecule has 6 nitrogen and oxygen atoms in total. The van der Waals surface area contributed by atoms with Gasteiger partial charge in [0, 0.05) is 32.0 Å². The highest BCUT2D eigenvalue weighted by atomic mass is 16.3. The fourth-order valence-corrected chi connectivity index (χ4v) is 4.26. The lowest BCUT2D eigenvalue weighted by atomic mass is 9.73. The second kappa shape index (κ2) is 8.40. The van der Waals surface area contributed by atoms with Crippen LogP contribution in [0.25, 0.3) is 0 Å². The number of dihydropyridines is 1. The van der Waals surface area contributed by atoms with E-state index in [-0.39, 0.29) is 18.6 Å². The summed E-state index contributed by atoms with van der Waals surface area (Å²) < 4.78 is 0. The molecule has 0 spiro atoms. The van der Waals surface area contributed by atoms with Crippen molar-refractivity contribution in [2.24, 2.45) is 10.9 Å². The highest BCUT2D eigenvalue weighted by Gasteiger charge is 2.40. The van der Waals surface area contributed by atoms with E-state index in [1.807, 2.05) is 23.5 Å². The average molecular weight is 373 g/mol. The van der Waals surface area contributed by atoms with Gasteiger partial charge in [-0.2, -0.15) is 0 Å². The minimum absolute atomic E-state index is 0.0352. The van der Waals surface area contributed by atoms with Crippen LogP contribution in [0.2, 0.25) is 0 Å². The minimum atomic E-state index is -0.543. The number of aliphatic hydroxyl groups is 1. The number of aliphatic imine (C=N–C) groups is 1. The van der Waals surface area contributed by atoms with Gasteiger partial charge in [0.2, 0.25) is 5.91 Å². The molecule has 0 aromatic heterocycles. The SMILES string of the molecule is CC(=O)N[C@@]1(C2CCCCC2)C=NC2=CC(CCO)=CN(NC(C)C)C2=C1. The number of hydrazine groups is 1. The van der Waals surface area contributed by atoms with Crippen LogP contribution in [0.5, 0.6) is 0 Å². The van der Waals surface area contributed by atoms with E-state index in [4.69, 9.17) is 4.99 Å². The van der Waals surface area contributed by atoms with Crippen molar-refractivity contribution in [1.82, 2.24) is 15.8 Å². The number of amides is 1. The Labute approximate surface area is 162 Å². The third-order valence-electron chi connectivity index (χ3n) is 5.40. The Balaban J connectivity index is 1.99. The highest BCUT2D eigenvalue weighted by Crippen LogP contribution is 2.38. The molecule has 0 radical (unpaired) electrons. The second-order valence-corrected chi connectivity index (χ2v) is 8.10. The van der Waals surface area contributed by atoms with Crippen LogP contribution < -0.4 is 10.7 Å². The van der Waals surface area contributed by atoms with Crippen molar-refractivity contribution < 1.29 is 9.90 Å². The largest absolute Gasteiger partial charge is 0.396 e. The van der Waals surface area contributed by atoms with E-state index in [0.717, 1.165) is 29.8 Å². The van der Waals surface area contributed by atoms with Crippen LogP contribution in [0.4, 0.5) is 0 Å². The summed E-state index contributed by atoms with van der Waals surface area (Å²) in [7, 11) is 0. The third kappa shape index (κ3) is 4.50. The molecule has 0 bridgehead atoms. The van der Waals surface area contributed by atoms with Gasteiger partial charge in [-0.15, -0.1) is 0 Å². The predicted molar refractivity (Wildman–Crippen MR) is 108 cm³/mol. The van der Waals surface area contributed by atoms with Crippen LogP contribution in [0.1, 0.15) is 59.3 Å². The fourth-order valence-electron chi connectivity index (χ4n) is 4.26. The predicted octanol–water partition coefficient (Wildman–Crippen LogP) is 2.79. The molecule has 1 aliphatic carbocycles. The maximum Gasteiger partial charge on any atom is 0.217 e. The van der Waals surface area contributed by atoms with Gasteiger partial charge in [-0.05, 0) is 56.8 Å². The fraction of sp³-hybridized carbons (Fsp3) is 0.619. The molecule has 2 heterocycles. The molecule has 0 aromatic rings. The van der Waals surface area contributed by atoms with Gasteiger partial charge < -0.3 is 10.4 Å². The lowest BCUT2D eigenvalue weighted by Gasteiger charge is -2.42. The van der Waals surface area contributed by atoms with E-state index in [1.165, 1.54) is 19.3 Å². The third-order valence-corrected chi connectivity index (χ3v) is 5.40. The first kappa shape index (κ1) is 19.8. The summed E-state index contributed by atoms with van der Waals surface area (Å²) in [4.78, 5) is 16.8. The summed E-state index contributed by atoms with van der Waals surface area (Å²) in [6.07, 6.45) is 14.6. The zero-order chi connectivity index (χ0) is 19.4. The molecule has 148 valence electrons. The number of carbonyl (C=O) groups is 1. The Hall–Kier alpha value is -1.92. The first-order valence-electron chi connectivity index (χ1n) is 10.1. The Bertz CT molecular complexity index is 686. The number of aliphatic hydroxyl groups excluding tert-OH is 1. The molecular weight excluding hydrogens is 340 g/mol. The summed E-state index contributed by atoms with van der Waals surface area (Å²) >= 11 is 0. The second-order valence-electron chi connectivity index (χ2n) is 8.10. The van der Waals surface area contributed by atoms with Gasteiger partial charge in [0.05, 0.1) is 16.9 Å². The van der Waals surface area contributed by atoms with Crippen molar-refractivity contribution in [2.45, 2.75) is 70.9 Å². The van der Waals surface area contributed by atoms with Crippen molar-refractivity contribution >= 4 is 12.1 Å². The van der Waals surface area contributed by atoms with Gasteiger partial charge >= 0.3 is 0 Å². The maximum absolute atomic E-state index is 12.0. The van der Waals surface area contributed by atoms with E-state index >= 15 is 0 Å². The van der Waals surface area contributed by atoms with Crippen LogP contribution in [0.15, 0.2) is 40.3 Å². The Kier molecular flexibility index (Phi) is 6.17. The molecule has 1 fully saturated rings. The Morgan fingerprint density at radius 1 is 1.37 bits per heavy atom. The molecule has 6 heteroatoms. The summed E-state index contributed by atoms with van der Waals surface area (Å²) in [5, 5.41) is 14.5. The van der Waals surface area contributed by atoms with Crippen LogP contribution in [0.3, 0.4) is 0 Å². The van der Waals surface area contributed by atoms with E-state index in [9.17, 15) is 9.90 Å². The summed E-state index contributed by atoms with van der Waals surface area (Å²) in [6.45, 7) is 5.86. The number of nitrogens with one attached hydrogen (secondary N) is 2. The van der Waals surface area contributed by atoms with Crippen LogP contribution in [-0.4, -0.2) is 40.4 Å². The lowest BCUT2D eigenvalue weighted by Crippen LogP contribution is -2.56. The number of allylic oxidation sites excluding steroid dienone is 1.